The Bertz CT molecular complexity index is 461. The number of likely N-dealkylation sites (N-methyl/N-ethyl adjacent to an activating group) is 1. The van der Waals surface area contributed by atoms with Crippen LogP contribution < -0.4 is 9.47 Å². The molecule has 1 aromatic rings. The van der Waals surface area contributed by atoms with Gasteiger partial charge in [-0.3, -0.25) is 0 Å². The van der Waals surface area contributed by atoms with Gasteiger partial charge in [-0.15, -0.1) is 11.8 Å². The van der Waals surface area contributed by atoms with E-state index in [0.29, 0.717) is 12.4 Å². The molecule has 1 atom stereocenters. The molecule has 1 aliphatic heterocycles. The summed E-state index contributed by atoms with van der Waals surface area (Å²) in [4.78, 5) is 2.26. The van der Waals surface area contributed by atoms with Gasteiger partial charge in [-0.05, 0) is 37.9 Å². The van der Waals surface area contributed by atoms with Crippen LogP contribution >= 0.6 is 11.8 Å². The van der Waals surface area contributed by atoms with Crippen LogP contribution in [0.1, 0.15) is 6.42 Å². The molecule has 0 aromatic heterocycles. The van der Waals surface area contributed by atoms with E-state index < -0.39 is 0 Å². The minimum atomic E-state index is 0.0849. The van der Waals surface area contributed by atoms with Crippen molar-refractivity contribution in [1.82, 2.24) is 4.90 Å². The molecule has 0 radical (unpaired) electrons. The number of para-hydroxylation sites is 2. The predicted octanol–water partition coefficient (Wildman–Crippen LogP) is 2.41. The number of hydrogen-bond donors (Lipinski definition) is 0. The lowest BCUT2D eigenvalue weighted by molar-refractivity contribution is 0.0656. The molecule has 5 heteroatoms. The molecule has 0 fully saturated rings. The molecule has 108 valence electrons. The summed E-state index contributed by atoms with van der Waals surface area (Å²) in [5.74, 6) is 3.28. The summed E-state index contributed by atoms with van der Waals surface area (Å²) in [6.45, 7) is 2.47. The average molecular weight is 292 g/mol. The van der Waals surface area contributed by atoms with Gasteiger partial charge in [0.2, 0.25) is 0 Å². The molecule has 1 aliphatic rings. The Morgan fingerprint density at radius 3 is 3.00 bits per heavy atom. The molecule has 0 amide bonds. The highest BCUT2D eigenvalue weighted by atomic mass is 32.2. The van der Waals surface area contributed by atoms with Crippen LogP contribution in [0.5, 0.6) is 11.5 Å². The Labute approximate surface area is 124 Å². The van der Waals surface area contributed by atoms with Crippen LogP contribution in [0.25, 0.3) is 0 Å². The van der Waals surface area contributed by atoms with Gasteiger partial charge in [-0.2, -0.15) is 5.26 Å². The third-order valence-electron chi connectivity index (χ3n) is 3.08. The lowest BCUT2D eigenvalue weighted by Crippen LogP contribution is -2.39. The van der Waals surface area contributed by atoms with Crippen LogP contribution in [0.3, 0.4) is 0 Å². The summed E-state index contributed by atoms with van der Waals surface area (Å²) in [5, 5.41) is 8.46. The summed E-state index contributed by atoms with van der Waals surface area (Å²) >= 11 is 1.69. The summed E-state index contributed by atoms with van der Waals surface area (Å²) < 4.78 is 11.6. The Hall–Kier alpha value is -1.38. The van der Waals surface area contributed by atoms with Crippen molar-refractivity contribution in [2.24, 2.45) is 0 Å². The van der Waals surface area contributed by atoms with Crippen molar-refractivity contribution in [2.45, 2.75) is 12.5 Å². The second-order valence-corrected chi connectivity index (χ2v) is 5.93. The van der Waals surface area contributed by atoms with Crippen molar-refractivity contribution in [2.75, 3.05) is 38.2 Å². The molecule has 1 heterocycles. The first-order chi connectivity index (χ1) is 9.79. The lowest BCUT2D eigenvalue weighted by Gasteiger charge is -2.29. The third-order valence-corrected chi connectivity index (χ3v) is 3.99. The van der Waals surface area contributed by atoms with E-state index in [0.717, 1.165) is 36.8 Å². The van der Waals surface area contributed by atoms with E-state index >= 15 is 0 Å². The number of benzene rings is 1. The molecule has 0 unspecified atom stereocenters. The van der Waals surface area contributed by atoms with E-state index in [-0.39, 0.29) is 6.10 Å². The molecule has 1 aromatic carbocycles. The quantitative estimate of drug-likeness (QED) is 0.722. The number of hydrogen-bond acceptors (Lipinski definition) is 5. The van der Waals surface area contributed by atoms with Crippen LogP contribution in [0.15, 0.2) is 24.3 Å². The number of fused-ring (bicyclic) bond motifs is 1. The van der Waals surface area contributed by atoms with Gasteiger partial charge in [-0.1, -0.05) is 12.1 Å². The second-order valence-electron chi connectivity index (χ2n) is 4.82. The second kappa shape index (κ2) is 8.03. The first-order valence-electron chi connectivity index (χ1n) is 6.81. The number of nitriles is 1. The smallest absolute Gasteiger partial charge is 0.161 e. The molecular weight excluding hydrogens is 272 g/mol. The van der Waals surface area contributed by atoms with E-state index in [4.69, 9.17) is 14.7 Å². The van der Waals surface area contributed by atoms with Crippen molar-refractivity contribution < 1.29 is 9.47 Å². The van der Waals surface area contributed by atoms with Crippen LogP contribution in [0.2, 0.25) is 0 Å². The van der Waals surface area contributed by atoms with E-state index in [2.05, 4.69) is 18.0 Å². The Kier molecular flexibility index (Phi) is 6.03. The maximum atomic E-state index is 8.46. The minimum Gasteiger partial charge on any atom is -0.486 e. The standard InChI is InChI=1S/C15H20N2O2S/c1-17(8-4-9-20-10-7-16)11-13-12-18-14-5-2-3-6-15(14)19-13/h2-3,5-6,13H,4,8-12H2,1H3/t13-/m1/s1. The van der Waals surface area contributed by atoms with Crippen molar-refractivity contribution in [1.29, 1.82) is 5.26 Å². The molecular formula is C15H20N2O2S. The van der Waals surface area contributed by atoms with Gasteiger partial charge in [0.25, 0.3) is 0 Å². The first-order valence-corrected chi connectivity index (χ1v) is 7.97. The summed E-state index contributed by atoms with van der Waals surface area (Å²) in [5.41, 5.74) is 0. The maximum absolute atomic E-state index is 8.46. The highest BCUT2D eigenvalue weighted by molar-refractivity contribution is 7.99. The summed E-state index contributed by atoms with van der Waals surface area (Å²) in [6.07, 6.45) is 1.18. The van der Waals surface area contributed by atoms with Crippen molar-refractivity contribution >= 4 is 11.8 Å². The van der Waals surface area contributed by atoms with Crippen LogP contribution in [0, 0.1) is 11.3 Å². The summed E-state index contributed by atoms with van der Waals surface area (Å²) in [7, 11) is 2.10. The molecule has 20 heavy (non-hydrogen) atoms. The SMILES string of the molecule is CN(CCCSCC#N)C[C@@H]1COc2ccccc2O1. The largest absolute Gasteiger partial charge is 0.486 e. The zero-order chi connectivity index (χ0) is 14.2. The fourth-order valence-corrected chi connectivity index (χ4v) is 2.72. The molecule has 0 spiro atoms. The molecule has 0 saturated heterocycles. The first kappa shape index (κ1) is 15.0. The number of thioether (sulfide) groups is 1. The van der Waals surface area contributed by atoms with Crippen molar-refractivity contribution in [3.05, 3.63) is 24.3 Å². The Morgan fingerprint density at radius 2 is 2.20 bits per heavy atom. The van der Waals surface area contributed by atoms with E-state index in [9.17, 15) is 0 Å². The predicted molar refractivity (Wildman–Crippen MR) is 81.4 cm³/mol. The summed E-state index contributed by atoms with van der Waals surface area (Å²) in [6, 6.07) is 9.93. The average Bonchev–Trinajstić information content (AvgIpc) is 2.47. The van der Waals surface area contributed by atoms with Gasteiger partial charge in [0.15, 0.2) is 11.5 Å². The van der Waals surface area contributed by atoms with Crippen LogP contribution in [-0.4, -0.2) is 49.3 Å². The molecule has 4 nitrogen and oxygen atoms in total. The molecule has 0 saturated carbocycles. The van der Waals surface area contributed by atoms with Gasteiger partial charge in [0.05, 0.1) is 11.8 Å². The zero-order valence-electron chi connectivity index (χ0n) is 11.7. The molecule has 0 aliphatic carbocycles. The monoisotopic (exact) mass is 292 g/mol. The number of ether oxygens (including phenoxy) is 2. The van der Waals surface area contributed by atoms with Gasteiger partial charge in [0, 0.05) is 6.54 Å². The van der Waals surface area contributed by atoms with Crippen molar-refractivity contribution in [3.63, 3.8) is 0 Å². The Morgan fingerprint density at radius 1 is 1.40 bits per heavy atom. The van der Waals surface area contributed by atoms with Gasteiger partial charge >= 0.3 is 0 Å². The number of nitrogens with zero attached hydrogens (tertiary/aromatic N) is 2. The van der Waals surface area contributed by atoms with Gasteiger partial charge in [-0.25, -0.2) is 0 Å². The zero-order valence-corrected chi connectivity index (χ0v) is 12.6. The fourth-order valence-electron chi connectivity index (χ4n) is 2.15. The van der Waals surface area contributed by atoms with Gasteiger partial charge in [0.1, 0.15) is 12.7 Å². The molecule has 0 N–H and O–H groups in total. The third kappa shape index (κ3) is 4.62. The van der Waals surface area contributed by atoms with Crippen LogP contribution in [-0.2, 0) is 0 Å². The normalized spacial score (nSPS) is 16.9. The van der Waals surface area contributed by atoms with E-state index in [1.54, 1.807) is 11.8 Å². The minimum absolute atomic E-state index is 0.0849. The van der Waals surface area contributed by atoms with E-state index in [1.807, 2.05) is 24.3 Å². The molecule has 2 rings (SSSR count). The Balaban J connectivity index is 1.68. The number of rotatable bonds is 7. The maximum Gasteiger partial charge on any atom is 0.161 e. The molecule has 0 bridgehead atoms. The highest BCUT2D eigenvalue weighted by Crippen LogP contribution is 2.30. The lowest BCUT2D eigenvalue weighted by atomic mass is 10.2. The van der Waals surface area contributed by atoms with Crippen LogP contribution in [0.4, 0.5) is 0 Å². The fraction of sp³-hybridized carbons (Fsp3) is 0.533. The van der Waals surface area contributed by atoms with Crippen molar-refractivity contribution in [3.8, 4) is 17.6 Å². The highest BCUT2D eigenvalue weighted by Gasteiger charge is 2.21. The van der Waals surface area contributed by atoms with E-state index in [1.165, 1.54) is 0 Å². The topological polar surface area (TPSA) is 45.5 Å². The van der Waals surface area contributed by atoms with Gasteiger partial charge < -0.3 is 14.4 Å².